The summed E-state index contributed by atoms with van der Waals surface area (Å²) >= 11 is 1.37. The van der Waals surface area contributed by atoms with Crippen LogP contribution < -0.4 is 5.32 Å². The normalized spacial score (nSPS) is 14.7. The number of hydrogen-bond acceptors (Lipinski definition) is 5. The molecule has 30 heavy (non-hydrogen) atoms. The van der Waals surface area contributed by atoms with Crippen molar-refractivity contribution in [3.63, 3.8) is 0 Å². The summed E-state index contributed by atoms with van der Waals surface area (Å²) in [7, 11) is -3.36. The largest absolute Gasteiger partial charge is 0.321 e. The molecule has 0 saturated heterocycles. The van der Waals surface area contributed by atoms with Crippen molar-refractivity contribution < 1.29 is 13.2 Å². The van der Waals surface area contributed by atoms with Crippen molar-refractivity contribution in [1.29, 1.82) is 0 Å². The van der Waals surface area contributed by atoms with Gasteiger partial charge in [0.1, 0.15) is 4.88 Å². The Balaban J connectivity index is 1.50. The van der Waals surface area contributed by atoms with Crippen molar-refractivity contribution in [3.8, 4) is 0 Å². The molecule has 156 valence electrons. The fourth-order valence-corrected chi connectivity index (χ4v) is 6.73. The molecule has 1 aromatic heterocycles. The zero-order valence-corrected chi connectivity index (χ0v) is 18.4. The van der Waals surface area contributed by atoms with Gasteiger partial charge in [-0.1, -0.05) is 49.2 Å². The number of rotatable bonds is 6. The fourth-order valence-electron chi connectivity index (χ4n) is 3.84. The van der Waals surface area contributed by atoms with E-state index in [1.165, 1.54) is 11.3 Å². The maximum atomic E-state index is 12.9. The van der Waals surface area contributed by atoms with Crippen LogP contribution in [0, 0.1) is 6.92 Å². The second kappa shape index (κ2) is 8.70. The lowest BCUT2D eigenvalue weighted by Gasteiger charge is -2.12. The molecule has 5 nitrogen and oxygen atoms in total. The molecular formula is C23H24N2O3S2. The third-order valence-electron chi connectivity index (χ3n) is 5.41. The van der Waals surface area contributed by atoms with E-state index in [2.05, 4.69) is 10.3 Å². The van der Waals surface area contributed by atoms with Crippen LogP contribution in [0.5, 0.6) is 0 Å². The van der Waals surface area contributed by atoms with Crippen molar-refractivity contribution in [1.82, 2.24) is 4.98 Å². The third kappa shape index (κ3) is 4.47. The number of nitrogens with zero attached hydrogens (tertiary/aromatic N) is 1. The summed E-state index contributed by atoms with van der Waals surface area (Å²) in [5.74, 6) is -0.264. The van der Waals surface area contributed by atoms with E-state index in [-0.39, 0.29) is 16.1 Å². The molecular weight excluding hydrogens is 416 g/mol. The summed E-state index contributed by atoms with van der Waals surface area (Å²) in [6.07, 6.45) is 4.01. The number of carbonyl (C=O) groups is 1. The number of anilines is 1. The van der Waals surface area contributed by atoms with Crippen molar-refractivity contribution in [2.75, 3.05) is 5.32 Å². The maximum absolute atomic E-state index is 12.9. The number of nitrogens with one attached hydrogen (secondary N) is 1. The van der Waals surface area contributed by atoms with Gasteiger partial charge in [0.2, 0.25) is 0 Å². The van der Waals surface area contributed by atoms with Gasteiger partial charge < -0.3 is 5.32 Å². The Morgan fingerprint density at radius 1 is 1.10 bits per heavy atom. The number of amides is 1. The molecule has 1 N–H and O–H groups in total. The van der Waals surface area contributed by atoms with Crippen LogP contribution in [0.2, 0.25) is 0 Å². The lowest BCUT2D eigenvalue weighted by Crippen LogP contribution is -2.18. The smallest absolute Gasteiger partial charge is 0.267 e. The SMILES string of the molecule is Cc1nc(Cc2ccccc2)sc1C(=O)Nc1cccc(S(=O)(=O)C2CCCC2)c1. The summed E-state index contributed by atoms with van der Waals surface area (Å²) < 4.78 is 25.7. The number of aromatic nitrogens is 1. The number of carbonyl (C=O) groups excluding carboxylic acids is 1. The lowest BCUT2D eigenvalue weighted by atomic mass is 10.2. The van der Waals surface area contributed by atoms with Gasteiger partial charge in [-0.25, -0.2) is 13.4 Å². The van der Waals surface area contributed by atoms with Gasteiger partial charge in [0.05, 0.1) is 20.8 Å². The maximum Gasteiger partial charge on any atom is 0.267 e. The summed E-state index contributed by atoms with van der Waals surface area (Å²) in [5, 5.41) is 3.41. The zero-order chi connectivity index (χ0) is 21.1. The minimum absolute atomic E-state index is 0.264. The quantitative estimate of drug-likeness (QED) is 0.584. The number of sulfone groups is 1. The monoisotopic (exact) mass is 440 g/mol. The minimum Gasteiger partial charge on any atom is -0.321 e. The van der Waals surface area contributed by atoms with Crippen LogP contribution in [-0.2, 0) is 16.3 Å². The van der Waals surface area contributed by atoms with Crippen LogP contribution in [0.1, 0.15) is 51.6 Å². The first-order chi connectivity index (χ1) is 14.4. The first-order valence-corrected chi connectivity index (χ1v) is 12.5. The molecule has 7 heteroatoms. The summed E-state index contributed by atoms with van der Waals surface area (Å²) in [5.41, 5.74) is 2.30. The second-order valence-corrected chi connectivity index (χ2v) is 10.9. The summed E-state index contributed by atoms with van der Waals surface area (Å²) in [6.45, 7) is 1.82. The van der Waals surface area contributed by atoms with Crippen molar-refractivity contribution in [2.24, 2.45) is 0 Å². The molecule has 0 atom stereocenters. The number of hydrogen-bond donors (Lipinski definition) is 1. The molecule has 1 aliphatic rings. The highest BCUT2D eigenvalue weighted by Crippen LogP contribution is 2.31. The van der Waals surface area contributed by atoms with E-state index in [1.807, 2.05) is 37.3 Å². The van der Waals surface area contributed by atoms with Gasteiger partial charge in [-0.3, -0.25) is 4.79 Å². The molecule has 3 aromatic rings. The standard InChI is InChI=1S/C23H24N2O3S2/c1-16-22(29-21(24-16)14-17-8-3-2-4-9-17)23(26)25-18-10-7-13-20(15-18)30(27,28)19-11-5-6-12-19/h2-4,7-10,13,15,19H,5-6,11-12,14H2,1H3,(H,25,26). The topological polar surface area (TPSA) is 76.1 Å². The van der Waals surface area contributed by atoms with E-state index in [4.69, 9.17) is 0 Å². The van der Waals surface area contributed by atoms with Crippen LogP contribution in [0.25, 0.3) is 0 Å². The van der Waals surface area contributed by atoms with Gasteiger partial charge in [0.25, 0.3) is 5.91 Å². The lowest BCUT2D eigenvalue weighted by molar-refractivity contribution is 0.102. The summed E-state index contributed by atoms with van der Waals surface area (Å²) in [4.78, 5) is 18.2. The average Bonchev–Trinajstić information content (AvgIpc) is 3.39. The van der Waals surface area contributed by atoms with E-state index < -0.39 is 9.84 Å². The Morgan fingerprint density at radius 2 is 1.83 bits per heavy atom. The van der Waals surface area contributed by atoms with Crippen LogP contribution in [0.4, 0.5) is 5.69 Å². The number of benzene rings is 2. The number of aryl methyl sites for hydroxylation is 1. The van der Waals surface area contributed by atoms with E-state index in [9.17, 15) is 13.2 Å². The van der Waals surface area contributed by atoms with Gasteiger partial charge in [0, 0.05) is 12.1 Å². The number of thiazole rings is 1. The average molecular weight is 441 g/mol. The Morgan fingerprint density at radius 3 is 2.57 bits per heavy atom. The Bertz CT molecular complexity index is 1150. The van der Waals surface area contributed by atoms with Gasteiger partial charge in [-0.15, -0.1) is 11.3 Å². The fraction of sp³-hybridized carbons (Fsp3) is 0.304. The Kier molecular flexibility index (Phi) is 6.01. The van der Waals surface area contributed by atoms with Crippen molar-refractivity contribution in [2.45, 2.75) is 49.2 Å². The van der Waals surface area contributed by atoms with Gasteiger partial charge in [-0.05, 0) is 43.5 Å². The predicted octanol–water partition coefficient (Wildman–Crippen LogP) is 5.01. The molecule has 4 rings (SSSR count). The molecule has 0 aliphatic heterocycles. The first kappa shape index (κ1) is 20.8. The molecule has 1 amide bonds. The molecule has 1 fully saturated rings. The molecule has 0 radical (unpaired) electrons. The first-order valence-electron chi connectivity index (χ1n) is 10.1. The van der Waals surface area contributed by atoms with Crippen LogP contribution in [-0.4, -0.2) is 24.6 Å². The molecule has 0 bridgehead atoms. The molecule has 1 aliphatic carbocycles. The molecule has 1 heterocycles. The predicted molar refractivity (Wildman–Crippen MR) is 120 cm³/mol. The van der Waals surface area contributed by atoms with E-state index >= 15 is 0 Å². The Hall–Kier alpha value is -2.51. The van der Waals surface area contributed by atoms with E-state index in [1.54, 1.807) is 24.3 Å². The molecule has 2 aromatic carbocycles. The highest BCUT2D eigenvalue weighted by atomic mass is 32.2. The van der Waals surface area contributed by atoms with Gasteiger partial charge >= 0.3 is 0 Å². The third-order valence-corrected chi connectivity index (χ3v) is 8.82. The van der Waals surface area contributed by atoms with E-state index in [0.717, 1.165) is 23.4 Å². The molecule has 1 saturated carbocycles. The zero-order valence-electron chi connectivity index (χ0n) is 16.8. The summed E-state index contributed by atoms with van der Waals surface area (Å²) in [6, 6.07) is 16.6. The van der Waals surface area contributed by atoms with Gasteiger partial charge in [-0.2, -0.15) is 0 Å². The minimum atomic E-state index is -3.36. The van der Waals surface area contributed by atoms with Crippen molar-refractivity contribution >= 4 is 32.8 Å². The van der Waals surface area contributed by atoms with Crippen molar-refractivity contribution in [3.05, 3.63) is 75.7 Å². The second-order valence-electron chi connectivity index (χ2n) is 7.62. The molecule has 0 unspecified atom stereocenters. The van der Waals surface area contributed by atoms with Crippen LogP contribution >= 0.6 is 11.3 Å². The van der Waals surface area contributed by atoms with E-state index in [0.29, 0.717) is 35.5 Å². The molecule has 0 spiro atoms. The highest BCUT2D eigenvalue weighted by molar-refractivity contribution is 7.92. The van der Waals surface area contributed by atoms with Crippen LogP contribution in [0.15, 0.2) is 59.5 Å². The van der Waals surface area contributed by atoms with Crippen LogP contribution in [0.3, 0.4) is 0 Å². The van der Waals surface area contributed by atoms with Gasteiger partial charge in [0.15, 0.2) is 9.84 Å². The highest BCUT2D eigenvalue weighted by Gasteiger charge is 2.30. The Labute approximate surface area is 181 Å².